The fraction of sp³-hybridized carbons (Fsp3) is 0.769. The normalized spacial score (nSPS) is 19.4. The van der Waals surface area contributed by atoms with E-state index < -0.39 is 0 Å². The molecule has 1 atom stereocenters. The van der Waals surface area contributed by atoms with E-state index in [9.17, 15) is 0 Å². The van der Waals surface area contributed by atoms with Crippen molar-refractivity contribution in [2.75, 3.05) is 26.7 Å². The third-order valence-corrected chi connectivity index (χ3v) is 4.70. The molecule has 1 aliphatic rings. The zero-order valence-corrected chi connectivity index (χ0v) is 14.2. The molecular weight excluding hydrogens is 301 g/mol. The Balaban J connectivity index is 0.00000162. The van der Waals surface area contributed by atoms with Gasteiger partial charge in [0.25, 0.3) is 0 Å². The monoisotopic (exact) mass is 325 g/mol. The average molecular weight is 326 g/mol. The molecule has 3 nitrogen and oxygen atoms in total. The molecule has 1 aromatic heterocycles. The summed E-state index contributed by atoms with van der Waals surface area (Å²) in [4.78, 5) is 8.29. The maximum Gasteiger partial charge on any atom is 0.0797 e. The number of likely N-dealkylation sites (N-methyl/N-ethyl adjacent to an activating group) is 1. The van der Waals surface area contributed by atoms with Crippen LogP contribution < -0.4 is 5.32 Å². The Labute approximate surface area is 133 Å². The second-order valence-electron chi connectivity index (χ2n) is 4.93. The van der Waals surface area contributed by atoms with Crippen molar-refractivity contribution in [3.05, 3.63) is 16.1 Å². The molecule has 1 N–H and O–H groups in total. The SMILES string of the molecule is Cc1ncsc1CCN(C)C1CCCNCC1.Cl.Cl. The molecule has 1 aromatic rings. The molecule has 0 spiro atoms. The first kappa shape index (κ1) is 19.1. The van der Waals surface area contributed by atoms with E-state index in [1.165, 1.54) is 42.9 Å². The molecule has 2 rings (SSSR count). The van der Waals surface area contributed by atoms with E-state index in [2.05, 4.69) is 29.2 Å². The lowest BCUT2D eigenvalue weighted by Gasteiger charge is -2.26. The lowest BCUT2D eigenvalue weighted by atomic mass is 10.1. The number of rotatable bonds is 4. The number of nitrogens with zero attached hydrogens (tertiary/aromatic N) is 2. The number of nitrogens with one attached hydrogen (secondary N) is 1. The van der Waals surface area contributed by atoms with Crippen LogP contribution in [0, 0.1) is 6.92 Å². The quantitative estimate of drug-likeness (QED) is 0.922. The Morgan fingerprint density at radius 2 is 2.16 bits per heavy atom. The first-order chi connectivity index (χ1) is 8.27. The molecule has 2 heterocycles. The van der Waals surface area contributed by atoms with Crippen molar-refractivity contribution >= 4 is 36.2 Å². The van der Waals surface area contributed by atoms with Gasteiger partial charge < -0.3 is 10.2 Å². The minimum absolute atomic E-state index is 0. The van der Waals surface area contributed by atoms with Gasteiger partial charge in [-0.05, 0) is 52.7 Å². The van der Waals surface area contributed by atoms with Gasteiger partial charge in [-0.15, -0.1) is 36.2 Å². The summed E-state index contributed by atoms with van der Waals surface area (Å²) in [6, 6.07) is 0.762. The predicted octanol–water partition coefficient (Wildman–Crippen LogP) is 2.91. The summed E-state index contributed by atoms with van der Waals surface area (Å²) in [6.45, 7) is 5.64. The summed E-state index contributed by atoms with van der Waals surface area (Å²) in [6.07, 6.45) is 5.09. The molecule has 0 amide bonds. The lowest BCUT2D eigenvalue weighted by molar-refractivity contribution is 0.227. The van der Waals surface area contributed by atoms with Gasteiger partial charge in [0.2, 0.25) is 0 Å². The van der Waals surface area contributed by atoms with Gasteiger partial charge in [0.15, 0.2) is 0 Å². The number of thiazole rings is 1. The second-order valence-corrected chi connectivity index (χ2v) is 5.87. The van der Waals surface area contributed by atoms with Crippen molar-refractivity contribution in [2.24, 2.45) is 0 Å². The number of hydrogen-bond acceptors (Lipinski definition) is 4. The van der Waals surface area contributed by atoms with Crippen molar-refractivity contribution in [1.82, 2.24) is 15.2 Å². The van der Waals surface area contributed by atoms with Crippen LogP contribution in [0.4, 0.5) is 0 Å². The van der Waals surface area contributed by atoms with Gasteiger partial charge in [-0.1, -0.05) is 0 Å². The molecule has 6 heteroatoms. The zero-order chi connectivity index (χ0) is 12.1. The fourth-order valence-electron chi connectivity index (χ4n) is 2.47. The van der Waals surface area contributed by atoms with E-state index in [-0.39, 0.29) is 24.8 Å². The van der Waals surface area contributed by atoms with E-state index in [0.29, 0.717) is 0 Å². The van der Waals surface area contributed by atoms with Gasteiger partial charge in [-0.2, -0.15) is 0 Å². The number of hydrogen-bond donors (Lipinski definition) is 1. The molecule has 1 fully saturated rings. The van der Waals surface area contributed by atoms with Gasteiger partial charge in [0, 0.05) is 17.5 Å². The highest BCUT2D eigenvalue weighted by Gasteiger charge is 2.16. The Morgan fingerprint density at radius 3 is 2.84 bits per heavy atom. The highest BCUT2D eigenvalue weighted by atomic mass is 35.5. The van der Waals surface area contributed by atoms with Crippen molar-refractivity contribution in [2.45, 2.75) is 38.6 Å². The number of aromatic nitrogens is 1. The lowest BCUT2D eigenvalue weighted by Crippen LogP contribution is -2.34. The molecule has 1 unspecified atom stereocenters. The second kappa shape index (κ2) is 9.94. The highest BCUT2D eigenvalue weighted by molar-refractivity contribution is 7.09. The van der Waals surface area contributed by atoms with Crippen molar-refractivity contribution in [3.63, 3.8) is 0 Å². The van der Waals surface area contributed by atoms with Gasteiger partial charge in [0.05, 0.1) is 11.2 Å². The van der Waals surface area contributed by atoms with E-state index in [1.807, 2.05) is 5.51 Å². The molecule has 19 heavy (non-hydrogen) atoms. The van der Waals surface area contributed by atoms with Crippen LogP contribution in [-0.4, -0.2) is 42.6 Å². The van der Waals surface area contributed by atoms with Crippen LogP contribution in [0.15, 0.2) is 5.51 Å². The molecule has 0 bridgehead atoms. The number of aryl methyl sites for hydroxylation is 1. The van der Waals surface area contributed by atoms with Crippen LogP contribution in [0.25, 0.3) is 0 Å². The smallest absolute Gasteiger partial charge is 0.0797 e. The maximum atomic E-state index is 4.31. The molecule has 0 radical (unpaired) electrons. The van der Waals surface area contributed by atoms with Gasteiger partial charge in [0.1, 0.15) is 0 Å². The molecule has 112 valence electrons. The molecular formula is C13H25Cl2N3S. The summed E-state index contributed by atoms with van der Waals surface area (Å²) in [5, 5.41) is 3.48. The summed E-state index contributed by atoms with van der Waals surface area (Å²) < 4.78 is 0. The molecule has 0 aromatic carbocycles. The van der Waals surface area contributed by atoms with Crippen LogP contribution in [0.5, 0.6) is 0 Å². The van der Waals surface area contributed by atoms with Crippen molar-refractivity contribution in [1.29, 1.82) is 0 Å². The summed E-state index contributed by atoms with van der Waals surface area (Å²) in [5.41, 5.74) is 3.17. The number of halogens is 2. The topological polar surface area (TPSA) is 28.2 Å². The van der Waals surface area contributed by atoms with Crippen molar-refractivity contribution in [3.8, 4) is 0 Å². The third kappa shape index (κ3) is 5.96. The molecule has 0 aliphatic carbocycles. The van der Waals surface area contributed by atoms with Crippen molar-refractivity contribution < 1.29 is 0 Å². The van der Waals surface area contributed by atoms with E-state index in [0.717, 1.165) is 19.0 Å². The maximum absolute atomic E-state index is 4.31. The molecule has 0 saturated carbocycles. The average Bonchev–Trinajstić information content (AvgIpc) is 2.58. The Kier molecular flexibility index (Phi) is 10.0. The van der Waals surface area contributed by atoms with Crippen LogP contribution >= 0.6 is 36.2 Å². The Hall–Kier alpha value is 0.130. The minimum Gasteiger partial charge on any atom is -0.317 e. The molecule has 1 saturated heterocycles. The summed E-state index contributed by atoms with van der Waals surface area (Å²) >= 11 is 1.79. The van der Waals surface area contributed by atoms with Gasteiger partial charge in [-0.3, -0.25) is 0 Å². The van der Waals surface area contributed by atoms with Gasteiger partial charge in [-0.25, -0.2) is 4.98 Å². The largest absolute Gasteiger partial charge is 0.317 e. The van der Waals surface area contributed by atoms with E-state index in [1.54, 1.807) is 11.3 Å². The Morgan fingerprint density at radius 1 is 1.37 bits per heavy atom. The van der Waals surface area contributed by atoms with Crippen LogP contribution in [-0.2, 0) is 6.42 Å². The third-order valence-electron chi connectivity index (χ3n) is 3.71. The zero-order valence-electron chi connectivity index (χ0n) is 11.7. The van der Waals surface area contributed by atoms with E-state index in [4.69, 9.17) is 0 Å². The minimum atomic E-state index is 0. The van der Waals surface area contributed by atoms with Crippen LogP contribution in [0.2, 0.25) is 0 Å². The van der Waals surface area contributed by atoms with Crippen LogP contribution in [0.1, 0.15) is 29.8 Å². The summed E-state index contributed by atoms with van der Waals surface area (Å²) in [5.74, 6) is 0. The molecule has 1 aliphatic heterocycles. The van der Waals surface area contributed by atoms with E-state index >= 15 is 0 Å². The summed E-state index contributed by atoms with van der Waals surface area (Å²) in [7, 11) is 2.27. The first-order valence-electron chi connectivity index (χ1n) is 6.57. The highest BCUT2D eigenvalue weighted by Crippen LogP contribution is 2.16. The fourth-order valence-corrected chi connectivity index (χ4v) is 3.24. The Bertz CT molecular complexity index is 338. The standard InChI is InChI=1S/C13H23N3S.2ClH/c1-11-13(17-10-15-11)6-9-16(2)12-4-3-7-14-8-5-12;;/h10,12,14H,3-9H2,1-2H3;2*1H. The predicted molar refractivity (Wildman–Crippen MR) is 88.2 cm³/mol. The first-order valence-corrected chi connectivity index (χ1v) is 7.45. The van der Waals surface area contributed by atoms with Crippen LogP contribution in [0.3, 0.4) is 0 Å². The van der Waals surface area contributed by atoms with Gasteiger partial charge >= 0.3 is 0 Å².